The summed E-state index contributed by atoms with van der Waals surface area (Å²) in [6, 6.07) is 7.42. The summed E-state index contributed by atoms with van der Waals surface area (Å²) in [6.07, 6.45) is 1.84. The molecule has 2 heterocycles. The third-order valence-corrected chi connectivity index (χ3v) is 3.94. The fourth-order valence-electron chi connectivity index (χ4n) is 2.73. The lowest BCUT2D eigenvalue weighted by Crippen LogP contribution is -2.36. The number of aromatic hydroxyl groups is 1. The van der Waals surface area contributed by atoms with Crippen molar-refractivity contribution in [2.24, 2.45) is 0 Å². The zero-order valence-corrected chi connectivity index (χ0v) is 15.1. The van der Waals surface area contributed by atoms with E-state index >= 15 is 0 Å². The summed E-state index contributed by atoms with van der Waals surface area (Å²) < 4.78 is 13.1. The van der Waals surface area contributed by atoms with E-state index in [1.807, 2.05) is 0 Å². The van der Waals surface area contributed by atoms with E-state index in [4.69, 9.17) is 0 Å². The lowest BCUT2D eigenvalue weighted by atomic mass is 10.0. The second-order valence-corrected chi connectivity index (χ2v) is 6.34. The number of hydrogen-bond acceptors (Lipinski definition) is 6. The number of nitrogens with one attached hydrogen (secondary N) is 1. The van der Waals surface area contributed by atoms with E-state index in [0.717, 1.165) is 5.56 Å². The Morgan fingerprint density at radius 2 is 1.82 bits per heavy atom. The number of benzene rings is 1. The first-order valence-electron chi connectivity index (χ1n) is 8.24. The van der Waals surface area contributed by atoms with Crippen LogP contribution in [-0.2, 0) is 6.42 Å². The summed E-state index contributed by atoms with van der Waals surface area (Å²) in [5.41, 5.74) is 2.98. The van der Waals surface area contributed by atoms with Gasteiger partial charge in [0, 0.05) is 25.7 Å². The third-order valence-electron chi connectivity index (χ3n) is 3.94. The van der Waals surface area contributed by atoms with E-state index in [-0.39, 0.29) is 16.7 Å². The van der Waals surface area contributed by atoms with Crippen molar-refractivity contribution in [1.82, 2.24) is 20.4 Å². The number of halogens is 1. The van der Waals surface area contributed by atoms with Crippen LogP contribution in [0.15, 0.2) is 36.5 Å². The number of amides is 1. The van der Waals surface area contributed by atoms with Gasteiger partial charge in [0.25, 0.3) is 5.91 Å². The van der Waals surface area contributed by atoms with Crippen molar-refractivity contribution < 1.29 is 24.2 Å². The van der Waals surface area contributed by atoms with Crippen molar-refractivity contribution in [3.63, 3.8) is 0 Å². The Morgan fingerprint density at radius 3 is 2.43 bits per heavy atom. The SMILES string of the molecule is CN(C)NC(=O)c1nc(C(=O)O)c2cc(Cc3ccc(F)cc3)cnc2c1O. The minimum atomic E-state index is -1.36. The Bertz CT molecular complexity index is 1070. The van der Waals surface area contributed by atoms with E-state index in [0.29, 0.717) is 12.0 Å². The molecule has 3 N–H and O–H groups in total. The number of fused-ring (bicyclic) bond motifs is 1. The summed E-state index contributed by atoms with van der Waals surface area (Å²) >= 11 is 0. The molecule has 0 spiro atoms. The maximum absolute atomic E-state index is 13.1. The number of carboxylic acids is 1. The number of carboxylic acid groups (broad SMARTS) is 1. The van der Waals surface area contributed by atoms with Crippen LogP contribution in [0.5, 0.6) is 5.75 Å². The summed E-state index contributed by atoms with van der Waals surface area (Å²) in [5.74, 6) is -2.98. The number of carbonyl (C=O) groups excluding carboxylic acids is 1. The molecule has 0 atom stereocenters. The van der Waals surface area contributed by atoms with Gasteiger partial charge in [-0.15, -0.1) is 0 Å². The summed E-state index contributed by atoms with van der Waals surface area (Å²) in [5, 5.41) is 21.4. The average molecular weight is 384 g/mol. The molecule has 1 aromatic carbocycles. The molecular weight excluding hydrogens is 367 g/mol. The number of pyridine rings is 2. The van der Waals surface area contributed by atoms with Gasteiger partial charge in [0.05, 0.1) is 0 Å². The molecule has 0 fully saturated rings. The third kappa shape index (κ3) is 3.89. The average Bonchev–Trinajstić information content (AvgIpc) is 2.63. The molecule has 3 rings (SSSR count). The smallest absolute Gasteiger partial charge is 0.355 e. The van der Waals surface area contributed by atoms with Crippen molar-refractivity contribution in [1.29, 1.82) is 0 Å². The molecule has 0 aliphatic heterocycles. The topological polar surface area (TPSA) is 116 Å². The highest BCUT2D eigenvalue weighted by Crippen LogP contribution is 2.29. The standard InChI is InChI=1S/C19H17FN4O4/c1-24(2)23-18(26)16-17(25)14-13(15(22-16)19(27)28)8-11(9-21-14)7-10-3-5-12(20)6-4-10/h3-6,8-9,25H,7H2,1-2H3,(H,23,26)(H,27,28). The number of rotatable bonds is 5. The largest absolute Gasteiger partial charge is 0.504 e. The van der Waals surface area contributed by atoms with Crippen LogP contribution in [-0.4, -0.2) is 51.2 Å². The fourth-order valence-corrected chi connectivity index (χ4v) is 2.73. The van der Waals surface area contributed by atoms with Crippen LogP contribution in [0.4, 0.5) is 4.39 Å². The molecule has 1 amide bonds. The maximum atomic E-state index is 13.1. The highest BCUT2D eigenvalue weighted by molar-refractivity contribution is 6.07. The quantitative estimate of drug-likeness (QED) is 0.576. The zero-order chi connectivity index (χ0) is 20.4. The van der Waals surface area contributed by atoms with Gasteiger partial charge in [-0.1, -0.05) is 12.1 Å². The Morgan fingerprint density at radius 1 is 1.14 bits per heavy atom. The molecule has 8 nitrogen and oxygen atoms in total. The molecule has 3 aromatic rings. The number of nitrogens with zero attached hydrogens (tertiary/aromatic N) is 3. The van der Waals surface area contributed by atoms with Gasteiger partial charge in [-0.25, -0.2) is 19.2 Å². The first-order valence-corrected chi connectivity index (χ1v) is 8.24. The minimum Gasteiger partial charge on any atom is -0.504 e. The maximum Gasteiger partial charge on any atom is 0.355 e. The lowest BCUT2D eigenvalue weighted by Gasteiger charge is -2.14. The van der Waals surface area contributed by atoms with E-state index < -0.39 is 29.0 Å². The van der Waals surface area contributed by atoms with Gasteiger partial charge in [0.1, 0.15) is 11.3 Å². The van der Waals surface area contributed by atoms with Crippen LogP contribution in [0.2, 0.25) is 0 Å². The monoisotopic (exact) mass is 384 g/mol. The molecular formula is C19H17FN4O4. The van der Waals surface area contributed by atoms with Crippen molar-refractivity contribution in [2.45, 2.75) is 6.42 Å². The molecule has 0 saturated heterocycles. The fraction of sp³-hybridized carbons (Fsp3) is 0.158. The second-order valence-electron chi connectivity index (χ2n) is 6.34. The van der Waals surface area contributed by atoms with Crippen LogP contribution in [0, 0.1) is 5.82 Å². The second kappa shape index (κ2) is 7.57. The number of hydrogen-bond donors (Lipinski definition) is 3. The molecule has 144 valence electrons. The van der Waals surface area contributed by atoms with Crippen molar-refractivity contribution in [3.05, 3.63) is 64.9 Å². The van der Waals surface area contributed by atoms with Gasteiger partial charge in [-0.05, 0) is 35.7 Å². The van der Waals surface area contributed by atoms with Crippen LogP contribution >= 0.6 is 0 Å². The van der Waals surface area contributed by atoms with Crippen LogP contribution < -0.4 is 5.43 Å². The molecule has 9 heteroatoms. The molecule has 0 aliphatic carbocycles. The van der Waals surface area contributed by atoms with Gasteiger partial charge >= 0.3 is 5.97 Å². The minimum absolute atomic E-state index is 0.0424. The lowest BCUT2D eigenvalue weighted by molar-refractivity contribution is 0.0692. The van der Waals surface area contributed by atoms with Crippen LogP contribution in [0.3, 0.4) is 0 Å². The summed E-state index contributed by atoms with van der Waals surface area (Å²) in [4.78, 5) is 31.9. The molecule has 0 bridgehead atoms. The molecule has 2 aromatic heterocycles. The van der Waals surface area contributed by atoms with Crippen LogP contribution in [0.1, 0.15) is 32.1 Å². The Hall–Kier alpha value is -3.59. The predicted molar refractivity (Wildman–Crippen MR) is 98.5 cm³/mol. The van der Waals surface area contributed by atoms with Crippen molar-refractivity contribution >= 4 is 22.8 Å². The summed E-state index contributed by atoms with van der Waals surface area (Å²) in [6.45, 7) is 0. The highest BCUT2D eigenvalue weighted by Gasteiger charge is 2.23. The van der Waals surface area contributed by atoms with E-state index in [2.05, 4.69) is 15.4 Å². The highest BCUT2D eigenvalue weighted by atomic mass is 19.1. The van der Waals surface area contributed by atoms with Gasteiger partial charge in [-0.3, -0.25) is 15.2 Å². The van der Waals surface area contributed by atoms with Crippen molar-refractivity contribution in [2.75, 3.05) is 14.1 Å². The van der Waals surface area contributed by atoms with Crippen LogP contribution in [0.25, 0.3) is 10.9 Å². The number of aromatic carboxylic acids is 1. The predicted octanol–water partition coefficient (Wildman–Crippen LogP) is 1.97. The van der Waals surface area contributed by atoms with E-state index in [9.17, 15) is 24.2 Å². The first kappa shape index (κ1) is 19.2. The van der Waals surface area contributed by atoms with Gasteiger partial charge in [0.2, 0.25) is 0 Å². The van der Waals surface area contributed by atoms with E-state index in [1.54, 1.807) is 26.2 Å². The molecule has 0 aliphatic rings. The van der Waals surface area contributed by atoms with Gasteiger partial charge < -0.3 is 10.2 Å². The van der Waals surface area contributed by atoms with Crippen molar-refractivity contribution in [3.8, 4) is 5.75 Å². The number of carbonyl (C=O) groups is 2. The molecule has 0 radical (unpaired) electrons. The Balaban J connectivity index is 2.09. The van der Waals surface area contributed by atoms with Gasteiger partial charge in [0.15, 0.2) is 17.1 Å². The number of aromatic nitrogens is 2. The molecule has 28 heavy (non-hydrogen) atoms. The molecule has 0 saturated carbocycles. The Labute approximate surface area is 159 Å². The Kier molecular flexibility index (Phi) is 5.18. The normalized spacial score (nSPS) is 11.0. The first-order chi connectivity index (χ1) is 13.3. The summed E-state index contributed by atoms with van der Waals surface area (Å²) in [7, 11) is 3.13. The molecule has 0 unspecified atom stereocenters. The zero-order valence-electron chi connectivity index (χ0n) is 15.1. The van der Waals surface area contributed by atoms with Gasteiger partial charge in [-0.2, -0.15) is 0 Å². The van der Waals surface area contributed by atoms with E-state index in [1.165, 1.54) is 29.4 Å². The number of hydrazine groups is 1.